The minimum Gasteiger partial charge on any atom is -0.366 e. The summed E-state index contributed by atoms with van der Waals surface area (Å²) in [4.78, 5) is 23.6. The largest absolute Gasteiger partial charge is 0.366 e. The van der Waals surface area contributed by atoms with Gasteiger partial charge >= 0.3 is 0 Å². The van der Waals surface area contributed by atoms with E-state index in [1.807, 2.05) is 26.0 Å². The summed E-state index contributed by atoms with van der Waals surface area (Å²) in [5.74, 6) is -0.981. The van der Waals surface area contributed by atoms with Gasteiger partial charge < -0.3 is 15.6 Å². The molecule has 0 atom stereocenters. The summed E-state index contributed by atoms with van der Waals surface area (Å²) in [6, 6.07) is 10.7. The lowest BCUT2D eigenvalue weighted by molar-refractivity contribution is -0.117. The predicted molar refractivity (Wildman–Crippen MR) is 105 cm³/mol. The summed E-state index contributed by atoms with van der Waals surface area (Å²) in [5.41, 5.74) is 9.41. The van der Waals surface area contributed by atoms with Crippen molar-refractivity contribution in [3.8, 4) is 6.07 Å². The van der Waals surface area contributed by atoms with Crippen molar-refractivity contribution < 1.29 is 9.59 Å². The van der Waals surface area contributed by atoms with E-state index in [2.05, 4.69) is 16.8 Å². The second-order valence-corrected chi connectivity index (χ2v) is 6.40. The summed E-state index contributed by atoms with van der Waals surface area (Å²) in [7, 11) is 0. The average molecular weight is 364 g/mol. The van der Waals surface area contributed by atoms with Crippen molar-refractivity contribution in [2.75, 3.05) is 0 Å². The van der Waals surface area contributed by atoms with Crippen molar-refractivity contribution in [3.05, 3.63) is 64.0 Å². The van der Waals surface area contributed by atoms with Gasteiger partial charge in [-0.25, -0.2) is 0 Å². The van der Waals surface area contributed by atoms with E-state index in [1.54, 1.807) is 30.3 Å². The average Bonchev–Trinajstić information content (AvgIpc) is 2.92. The van der Waals surface area contributed by atoms with E-state index in [0.29, 0.717) is 5.56 Å². The maximum atomic E-state index is 12.4. The Hall–Kier alpha value is -3.33. The number of benzene rings is 1. The normalized spacial score (nSPS) is 11.1. The fourth-order valence-corrected chi connectivity index (χ4v) is 2.96. The Balaban J connectivity index is 2.16. The SMILES string of the molecule is CCCn1c(C)cc(/C=C(\C#N)C(=O)NCc2cccc(C(N)=O)c2)c1C. The van der Waals surface area contributed by atoms with Crippen LogP contribution in [0.15, 0.2) is 35.9 Å². The Morgan fingerprint density at radius 1 is 1.30 bits per heavy atom. The molecule has 0 bridgehead atoms. The molecule has 0 saturated heterocycles. The molecule has 2 aromatic rings. The molecule has 0 radical (unpaired) electrons. The molecule has 1 aromatic heterocycles. The fraction of sp³-hybridized carbons (Fsp3) is 0.286. The molecular formula is C21H24N4O2. The molecule has 0 spiro atoms. The lowest BCUT2D eigenvalue weighted by Crippen LogP contribution is -2.24. The standard InChI is InChI=1S/C21H24N4O2/c1-4-8-25-14(2)9-18(15(25)3)11-19(12-22)21(27)24-13-16-6-5-7-17(10-16)20(23)26/h5-7,9-11H,4,8,13H2,1-3H3,(H2,23,26)(H,24,27)/b19-11+. The number of aromatic nitrogens is 1. The number of hydrogen-bond acceptors (Lipinski definition) is 3. The second kappa shape index (κ2) is 8.86. The number of carbonyl (C=O) groups is 2. The molecule has 0 fully saturated rings. The Kier molecular flexibility index (Phi) is 6.56. The zero-order valence-corrected chi connectivity index (χ0v) is 15.9. The van der Waals surface area contributed by atoms with E-state index >= 15 is 0 Å². The van der Waals surface area contributed by atoms with Crippen LogP contribution in [-0.2, 0) is 17.9 Å². The van der Waals surface area contributed by atoms with Gasteiger partial charge in [-0.2, -0.15) is 5.26 Å². The highest BCUT2D eigenvalue weighted by Gasteiger charge is 2.13. The maximum Gasteiger partial charge on any atom is 0.262 e. The zero-order chi connectivity index (χ0) is 20.0. The Morgan fingerprint density at radius 3 is 2.67 bits per heavy atom. The van der Waals surface area contributed by atoms with Crippen molar-refractivity contribution in [1.82, 2.24) is 9.88 Å². The highest BCUT2D eigenvalue weighted by molar-refractivity contribution is 6.01. The Bertz CT molecular complexity index is 932. The van der Waals surface area contributed by atoms with Crippen molar-refractivity contribution >= 4 is 17.9 Å². The number of amides is 2. The van der Waals surface area contributed by atoms with Gasteiger partial charge in [-0.3, -0.25) is 9.59 Å². The van der Waals surface area contributed by atoms with Crippen molar-refractivity contribution in [1.29, 1.82) is 5.26 Å². The molecule has 0 aliphatic carbocycles. The number of nitrogens with two attached hydrogens (primary N) is 1. The smallest absolute Gasteiger partial charge is 0.262 e. The van der Waals surface area contributed by atoms with Crippen LogP contribution in [0.1, 0.15) is 46.2 Å². The van der Waals surface area contributed by atoms with Gasteiger partial charge in [0.05, 0.1) is 0 Å². The highest BCUT2D eigenvalue weighted by Crippen LogP contribution is 2.19. The van der Waals surface area contributed by atoms with E-state index in [-0.39, 0.29) is 12.1 Å². The van der Waals surface area contributed by atoms with Gasteiger partial charge in [0, 0.05) is 30.0 Å². The quantitative estimate of drug-likeness (QED) is 0.583. The molecule has 2 rings (SSSR count). The molecule has 1 aromatic carbocycles. The summed E-state index contributed by atoms with van der Waals surface area (Å²) in [6.07, 6.45) is 2.62. The van der Waals surface area contributed by atoms with E-state index in [4.69, 9.17) is 5.73 Å². The van der Waals surface area contributed by atoms with Gasteiger partial charge in [-0.05, 0) is 55.7 Å². The van der Waals surface area contributed by atoms with Crippen LogP contribution in [0.3, 0.4) is 0 Å². The number of nitriles is 1. The van der Waals surface area contributed by atoms with Crippen LogP contribution in [0.5, 0.6) is 0 Å². The van der Waals surface area contributed by atoms with E-state index in [9.17, 15) is 14.9 Å². The second-order valence-electron chi connectivity index (χ2n) is 6.40. The molecule has 1 heterocycles. The number of carbonyl (C=O) groups excluding carboxylic acids is 2. The van der Waals surface area contributed by atoms with Gasteiger partial charge in [0.2, 0.25) is 5.91 Å². The predicted octanol–water partition coefficient (Wildman–Crippen LogP) is 2.84. The third kappa shape index (κ3) is 4.85. The molecular weight excluding hydrogens is 340 g/mol. The van der Waals surface area contributed by atoms with Crippen LogP contribution in [-0.4, -0.2) is 16.4 Å². The molecule has 0 aliphatic rings. The van der Waals surface area contributed by atoms with Crippen LogP contribution < -0.4 is 11.1 Å². The van der Waals surface area contributed by atoms with Crippen molar-refractivity contribution in [3.63, 3.8) is 0 Å². The number of nitrogens with one attached hydrogen (secondary N) is 1. The molecule has 0 saturated carbocycles. The number of hydrogen-bond donors (Lipinski definition) is 2. The lowest BCUT2D eigenvalue weighted by Gasteiger charge is -2.07. The first kappa shape index (κ1) is 20.0. The van der Waals surface area contributed by atoms with Crippen LogP contribution >= 0.6 is 0 Å². The fourth-order valence-electron chi connectivity index (χ4n) is 2.96. The minimum absolute atomic E-state index is 0.0396. The molecule has 0 aliphatic heterocycles. The summed E-state index contributed by atoms with van der Waals surface area (Å²) in [5, 5.41) is 12.1. The van der Waals surface area contributed by atoms with E-state index < -0.39 is 11.8 Å². The van der Waals surface area contributed by atoms with Crippen molar-refractivity contribution in [2.24, 2.45) is 5.73 Å². The molecule has 6 heteroatoms. The van der Waals surface area contributed by atoms with Crippen LogP contribution in [0, 0.1) is 25.2 Å². The highest BCUT2D eigenvalue weighted by atomic mass is 16.2. The molecule has 3 N–H and O–H groups in total. The number of rotatable bonds is 7. The first-order valence-corrected chi connectivity index (χ1v) is 8.82. The number of nitrogens with zero attached hydrogens (tertiary/aromatic N) is 2. The minimum atomic E-state index is -0.525. The molecule has 0 unspecified atom stereocenters. The van der Waals surface area contributed by atoms with Gasteiger partial charge in [0.25, 0.3) is 5.91 Å². The van der Waals surface area contributed by atoms with Crippen LogP contribution in [0.25, 0.3) is 6.08 Å². The van der Waals surface area contributed by atoms with Gasteiger partial charge in [-0.15, -0.1) is 0 Å². The van der Waals surface area contributed by atoms with Gasteiger partial charge in [0.15, 0.2) is 0 Å². The summed E-state index contributed by atoms with van der Waals surface area (Å²) in [6.45, 7) is 7.20. The zero-order valence-electron chi connectivity index (χ0n) is 15.9. The first-order valence-electron chi connectivity index (χ1n) is 8.82. The van der Waals surface area contributed by atoms with Gasteiger partial charge in [-0.1, -0.05) is 19.1 Å². The maximum absolute atomic E-state index is 12.4. The van der Waals surface area contributed by atoms with Gasteiger partial charge in [0.1, 0.15) is 11.6 Å². The summed E-state index contributed by atoms with van der Waals surface area (Å²) >= 11 is 0. The first-order chi connectivity index (χ1) is 12.9. The monoisotopic (exact) mass is 364 g/mol. The molecule has 27 heavy (non-hydrogen) atoms. The molecule has 2 amide bonds. The lowest BCUT2D eigenvalue weighted by atomic mass is 10.1. The van der Waals surface area contributed by atoms with Crippen LogP contribution in [0.4, 0.5) is 0 Å². The topological polar surface area (TPSA) is 101 Å². The number of aryl methyl sites for hydroxylation is 1. The third-order valence-corrected chi connectivity index (χ3v) is 4.39. The van der Waals surface area contributed by atoms with E-state index in [1.165, 1.54) is 0 Å². The molecule has 6 nitrogen and oxygen atoms in total. The van der Waals surface area contributed by atoms with Crippen molar-refractivity contribution in [2.45, 2.75) is 40.3 Å². The molecule has 140 valence electrons. The third-order valence-electron chi connectivity index (χ3n) is 4.39. The Labute approximate surface area is 159 Å². The summed E-state index contributed by atoms with van der Waals surface area (Å²) < 4.78 is 2.17. The Morgan fingerprint density at radius 2 is 2.04 bits per heavy atom. The number of primary amides is 1. The van der Waals surface area contributed by atoms with E-state index in [0.717, 1.165) is 35.5 Å². The van der Waals surface area contributed by atoms with Crippen LogP contribution in [0.2, 0.25) is 0 Å².